The molecule has 0 amide bonds. The van der Waals surface area contributed by atoms with Gasteiger partial charge in [-0.3, -0.25) is 9.69 Å². The first kappa shape index (κ1) is 19.6. The number of halogens is 2. The Hall–Kier alpha value is -1.75. The van der Waals surface area contributed by atoms with Crippen LogP contribution >= 0.6 is 23.2 Å². The standard InChI is InChI=1S/C22H23Cl2NO3/c1-27-22(26)15-9-10-25(12-15)21-8-5-14-11-16(6-7-17(14)21)28-13-18-19(23)3-2-4-20(18)24/h2-4,6-7,11,15,21H,5,8-10,12-13H2,1H3/t15-,21+/m0/s1. The van der Waals surface area contributed by atoms with Crippen LogP contribution in [0.25, 0.3) is 0 Å². The number of aryl methyl sites for hydroxylation is 1. The first-order chi connectivity index (χ1) is 13.6. The maximum Gasteiger partial charge on any atom is 0.310 e. The molecule has 4 nitrogen and oxygen atoms in total. The van der Waals surface area contributed by atoms with Crippen molar-refractivity contribution >= 4 is 29.2 Å². The molecule has 0 spiro atoms. The summed E-state index contributed by atoms with van der Waals surface area (Å²) in [6, 6.07) is 12.1. The molecule has 1 aliphatic carbocycles. The Bertz CT molecular complexity index is 866. The Balaban J connectivity index is 1.43. The van der Waals surface area contributed by atoms with Crippen LogP contribution in [0.4, 0.5) is 0 Å². The maximum atomic E-state index is 11.8. The summed E-state index contributed by atoms with van der Waals surface area (Å²) >= 11 is 12.4. The molecule has 0 radical (unpaired) electrons. The van der Waals surface area contributed by atoms with E-state index in [1.54, 1.807) is 0 Å². The molecule has 2 aromatic carbocycles. The summed E-state index contributed by atoms with van der Waals surface area (Å²) in [5.41, 5.74) is 3.46. The van der Waals surface area contributed by atoms with E-state index >= 15 is 0 Å². The normalized spacial score (nSPS) is 21.5. The molecule has 4 rings (SSSR count). The minimum Gasteiger partial charge on any atom is -0.489 e. The molecular weight excluding hydrogens is 397 g/mol. The predicted octanol–water partition coefficient (Wildman–Crippen LogP) is 5.05. The molecule has 0 bridgehead atoms. The Morgan fingerprint density at radius 2 is 1.96 bits per heavy atom. The second kappa shape index (κ2) is 8.32. The van der Waals surface area contributed by atoms with Crippen molar-refractivity contribution in [3.63, 3.8) is 0 Å². The summed E-state index contributed by atoms with van der Waals surface area (Å²) in [6.45, 7) is 2.06. The third-order valence-electron chi connectivity index (χ3n) is 5.80. The Labute approximate surface area is 175 Å². The molecule has 0 N–H and O–H groups in total. The number of benzene rings is 2. The van der Waals surface area contributed by atoms with E-state index in [0.29, 0.717) is 22.7 Å². The average molecular weight is 420 g/mol. The van der Waals surface area contributed by atoms with Gasteiger partial charge < -0.3 is 9.47 Å². The topological polar surface area (TPSA) is 38.8 Å². The Kier molecular flexibility index (Phi) is 5.81. The van der Waals surface area contributed by atoms with Crippen molar-refractivity contribution in [2.75, 3.05) is 20.2 Å². The van der Waals surface area contributed by atoms with Gasteiger partial charge in [0.2, 0.25) is 0 Å². The number of likely N-dealkylation sites (tertiary alicyclic amines) is 1. The molecule has 2 atom stereocenters. The van der Waals surface area contributed by atoms with Crippen molar-refractivity contribution in [2.45, 2.75) is 31.9 Å². The molecule has 0 unspecified atom stereocenters. The number of nitrogens with zero attached hydrogens (tertiary/aromatic N) is 1. The van der Waals surface area contributed by atoms with Crippen LogP contribution in [0.3, 0.4) is 0 Å². The lowest BCUT2D eigenvalue weighted by molar-refractivity contribution is -0.145. The molecule has 2 aromatic rings. The van der Waals surface area contributed by atoms with Crippen LogP contribution in [0.1, 0.15) is 35.6 Å². The molecule has 1 fully saturated rings. The third-order valence-corrected chi connectivity index (χ3v) is 6.51. The highest BCUT2D eigenvalue weighted by Gasteiger charge is 2.36. The van der Waals surface area contributed by atoms with Gasteiger partial charge >= 0.3 is 5.97 Å². The van der Waals surface area contributed by atoms with Crippen molar-refractivity contribution in [1.82, 2.24) is 4.90 Å². The monoisotopic (exact) mass is 419 g/mol. The number of rotatable bonds is 5. The predicted molar refractivity (Wildman–Crippen MR) is 110 cm³/mol. The molecular formula is C22H23Cl2NO3. The smallest absolute Gasteiger partial charge is 0.310 e. The van der Waals surface area contributed by atoms with Gasteiger partial charge in [-0.1, -0.05) is 35.3 Å². The van der Waals surface area contributed by atoms with Crippen molar-refractivity contribution < 1.29 is 14.3 Å². The van der Waals surface area contributed by atoms with Crippen LogP contribution < -0.4 is 4.74 Å². The second-order valence-electron chi connectivity index (χ2n) is 7.41. The van der Waals surface area contributed by atoms with Crippen molar-refractivity contribution in [1.29, 1.82) is 0 Å². The highest BCUT2D eigenvalue weighted by molar-refractivity contribution is 6.35. The molecule has 1 heterocycles. The molecule has 1 saturated heterocycles. The van der Waals surface area contributed by atoms with Crippen LogP contribution in [-0.4, -0.2) is 31.1 Å². The fourth-order valence-electron chi connectivity index (χ4n) is 4.30. The molecule has 2 aliphatic rings. The second-order valence-corrected chi connectivity index (χ2v) is 8.22. The summed E-state index contributed by atoms with van der Waals surface area (Å²) in [7, 11) is 1.47. The SMILES string of the molecule is COC(=O)[C@H]1CCN([C@@H]2CCc3cc(OCc4c(Cl)cccc4Cl)ccc32)C1. The van der Waals surface area contributed by atoms with Gasteiger partial charge in [-0.05, 0) is 61.2 Å². The van der Waals surface area contributed by atoms with Gasteiger partial charge in [0.05, 0.1) is 13.0 Å². The minimum absolute atomic E-state index is 0.00275. The summed E-state index contributed by atoms with van der Waals surface area (Å²) in [4.78, 5) is 14.2. The molecule has 1 aliphatic heterocycles. The zero-order valence-corrected chi connectivity index (χ0v) is 17.3. The third kappa shape index (κ3) is 3.86. The molecule has 6 heteroatoms. The first-order valence-corrected chi connectivity index (χ1v) is 10.3. The number of ether oxygens (including phenoxy) is 2. The quantitative estimate of drug-likeness (QED) is 0.635. The van der Waals surface area contributed by atoms with Gasteiger partial charge in [-0.25, -0.2) is 0 Å². The van der Waals surface area contributed by atoms with Gasteiger partial charge in [0.25, 0.3) is 0 Å². The fourth-order valence-corrected chi connectivity index (χ4v) is 4.80. The number of hydrogen-bond acceptors (Lipinski definition) is 4. The lowest BCUT2D eigenvalue weighted by atomic mass is 10.1. The van der Waals surface area contributed by atoms with Crippen molar-refractivity contribution in [3.8, 4) is 5.75 Å². The van der Waals surface area contributed by atoms with Crippen LogP contribution in [-0.2, 0) is 22.6 Å². The number of methoxy groups -OCH3 is 1. The maximum absolute atomic E-state index is 11.8. The van der Waals surface area contributed by atoms with Crippen LogP contribution in [0, 0.1) is 5.92 Å². The van der Waals surface area contributed by atoms with E-state index in [0.717, 1.165) is 43.7 Å². The summed E-state index contributed by atoms with van der Waals surface area (Å²) in [5.74, 6) is 0.726. The Morgan fingerprint density at radius 1 is 1.18 bits per heavy atom. The lowest BCUT2D eigenvalue weighted by Gasteiger charge is -2.24. The van der Waals surface area contributed by atoms with E-state index in [1.165, 1.54) is 18.2 Å². The molecule has 148 valence electrons. The largest absolute Gasteiger partial charge is 0.489 e. The van der Waals surface area contributed by atoms with Gasteiger partial charge in [0.15, 0.2) is 0 Å². The zero-order chi connectivity index (χ0) is 19.7. The van der Waals surface area contributed by atoms with Crippen molar-refractivity contribution in [3.05, 3.63) is 63.1 Å². The van der Waals surface area contributed by atoms with E-state index < -0.39 is 0 Å². The molecule has 0 aromatic heterocycles. The van der Waals surface area contributed by atoms with E-state index in [1.807, 2.05) is 24.3 Å². The van der Waals surface area contributed by atoms with Crippen LogP contribution in [0.15, 0.2) is 36.4 Å². The average Bonchev–Trinajstić information content (AvgIpc) is 3.33. The highest BCUT2D eigenvalue weighted by atomic mass is 35.5. The summed E-state index contributed by atoms with van der Waals surface area (Å²) < 4.78 is 10.9. The lowest BCUT2D eigenvalue weighted by Crippen LogP contribution is -2.27. The van der Waals surface area contributed by atoms with E-state index in [2.05, 4.69) is 17.0 Å². The number of esters is 1. The number of hydrogen-bond donors (Lipinski definition) is 0. The molecule has 0 saturated carbocycles. The van der Waals surface area contributed by atoms with Gasteiger partial charge in [0, 0.05) is 28.2 Å². The zero-order valence-electron chi connectivity index (χ0n) is 15.8. The van der Waals surface area contributed by atoms with Crippen LogP contribution in [0.5, 0.6) is 5.75 Å². The summed E-state index contributed by atoms with van der Waals surface area (Å²) in [5, 5.41) is 1.23. The van der Waals surface area contributed by atoms with Gasteiger partial charge in [-0.15, -0.1) is 0 Å². The van der Waals surface area contributed by atoms with E-state index in [4.69, 9.17) is 32.7 Å². The Morgan fingerprint density at radius 3 is 2.71 bits per heavy atom. The number of fused-ring (bicyclic) bond motifs is 1. The van der Waals surface area contributed by atoms with E-state index in [9.17, 15) is 4.79 Å². The first-order valence-electron chi connectivity index (χ1n) is 9.57. The molecule has 28 heavy (non-hydrogen) atoms. The van der Waals surface area contributed by atoms with Gasteiger partial charge in [-0.2, -0.15) is 0 Å². The van der Waals surface area contributed by atoms with Crippen molar-refractivity contribution in [2.24, 2.45) is 5.92 Å². The van der Waals surface area contributed by atoms with Gasteiger partial charge in [0.1, 0.15) is 12.4 Å². The number of carbonyl (C=O) groups is 1. The highest BCUT2D eigenvalue weighted by Crippen LogP contribution is 2.40. The fraction of sp³-hybridized carbons (Fsp3) is 0.409. The minimum atomic E-state index is -0.0947. The van der Waals surface area contributed by atoms with E-state index in [-0.39, 0.29) is 11.9 Å². The van der Waals surface area contributed by atoms with Crippen LogP contribution in [0.2, 0.25) is 10.0 Å². The summed E-state index contributed by atoms with van der Waals surface area (Å²) in [6.07, 6.45) is 2.96. The number of carbonyl (C=O) groups excluding carboxylic acids is 1.